The van der Waals surface area contributed by atoms with Gasteiger partial charge in [0.15, 0.2) is 0 Å². The predicted molar refractivity (Wildman–Crippen MR) is 127 cm³/mol. The van der Waals surface area contributed by atoms with Crippen LogP contribution in [0.1, 0.15) is 58.6 Å². The number of rotatable bonds is 10. The number of carbonyl (C=O) groups is 2. The Balaban J connectivity index is 1.26. The van der Waals surface area contributed by atoms with Gasteiger partial charge in [-0.3, -0.25) is 4.79 Å². The highest BCUT2D eigenvalue weighted by molar-refractivity contribution is 5.95. The van der Waals surface area contributed by atoms with Crippen LogP contribution >= 0.6 is 0 Å². The molecule has 2 atom stereocenters. The molecule has 0 saturated heterocycles. The molecule has 0 heterocycles. The van der Waals surface area contributed by atoms with Crippen molar-refractivity contribution in [1.82, 2.24) is 0 Å². The van der Waals surface area contributed by atoms with Crippen molar-refractivity contribution in [2.45, 2.75) is 44.4 Å². The van der Waals surface area contributed by atoms with Crippen molar-refractivity contribution in [3.05, 3.63) is 101 Å². The lowest BCUT2D eigenvalue weighted by atomic mass is 9.99. The number of carboxylic acid groups (broad SMARTS) is 1. The average molecular weight is 428 g/mol. The molecule has 32 heavy (non-hydrogen) atoms. The van der Waals surface area contributed by atoms with E-state index in [-0.39, 0.29) is 11.8 Å². The summed E-state index contributed by atoms with van der Waals surface area (Å²) in [7, 11) is 0. The number of aromatic carboxylic acids is 1. The second-order valence-corrected chi connectivity index (χ2v) is 8.53. The predicted octanol–water partition coefficient (Wildman–Crippen LogP) is 6.08. The maximum absolute atomic E-state index is 12.8. The third kappa shape index (κ3) is 5.44. The maximum Gasteiger partial charge on any atom is 0.335 e. The summed E-state index contributed by atoms with van der Waals surface area (Å²) >= 11 is 0. The second-order valence-electron chi connectivity index (χ2n) is 8.53. The van der Waals surface area contributed by atoms with E-state index in [0.717, 1.165) is 55.3 Å². The van der Waals surface area contributed by atoms with Crippen molar-refractivity contribution in [3.63, 3.8) is 0 Å². The highest BCUT2D eigenvalue weighted by Crippen LogP contribution is 2.48. The van der Waals surface area contributed by atoms with Gasteiger partial charge in [0.2, 0.25) is 5.91 Å². The number of hydrogen-bond donors (Lipinski definition) is 2. The third-order valence-electron chi connectivity index (χ3n) is 6.27. The van der Waals surface area contributed by atoms with Crippen LogP contribution < -0.4 is 5.32 Å². The van der Waals surface area contributed by atoms with Crippen molar-refractivity contribution in [3.8, 4) is 0 Å². The van der Waals surface area contributed by atoms with Crippen LogP contribution in [0.4, 0.5) is 5.69 Å². The third-order valence-corrected chi connectivity index (χ3v) is 6.27. The fourth-order valence-electron chi connectivity index (χ4n) is 4.39. The van der Waals surface area contributed by atoms with Gasteiger partial charge < -0.3 is 10.4 Å². The number of nitrogens with one attached hydrogen (secondary N) is 1. The first-order valence-electron chi connectivity index (χ1n) is 11.4. The topological polar surface area (TPSA) is 66.4 Å². The minimum atomic E-state index is -0.865. The van der Waals surface area contributed by atoms with E-state index in [9.17, 15) is 14.7 Å². The zero-order valence-electron chi connectivity index (χ0n) is 18.2. The molecule has 4 nitrogen and oxygen atoms in total. The Hall–Kier alpha value is -3.40. The Morgan fingerprint density at radius 2 is 1.41 bits per heavy atom. The van der Waals surface area contributed by atoms with Crippen LogP contribution in [0.25, 0.3) is 0 Å². The Kier molecular flexibility index (Phi) is 7.00. The van der Waals surface area contributed by atoms with Gasteiger partial charge in [-0.05, 0) is 66.8 Å². The van der Waals surface area contributed by atoms with Gasteiger partial charge in [0.25, 0.3) is 0 Å². The average Bonchev–Trinajstić information content (AvgIpc) is 3.62. The molecule has 1 saturated carbocycles. The van der Waals surface area contributed by atoms with Gasteiger partial charge >= 0.3 is 5.97 Å². The van der Waals surface area contributed by atoms with E-state index in [0.29, 0.717) is 11.5 Å². The van der Waals surface area contributed by atoms with Gasteiger partial charge in [0.05, 0.1) is 5.56 Å². The summed E-state index contributed by atoms with van der Waals surface area (Å²) in [5.41, 5.74) is 4.60. The summed E-state index contributed by atoms with van der Waals surface area (Å²) in [5, 5.41) is 12.5. The maximum atomic E-state index is 12.8. The van der Waals surface area contributed by atoms with Crippen LogP contribution in [0.3, 0.4) is 0 Å². The molecule has 0 unspecified atom stereocenters. The van der Waals surface area contributed by atoms with Crippen LogP contribution in [-0.2, 0) is 17.6 Å². The molecule has 0 aromatic heterocycles. The molecule has 1 fully saturated rings. The molecular formula is C28H29NO3. The first-order valence-corrected chi connectivity index (χ1v) is 11.4. The van der Waals surface area contributed by atoms with Gasteiger partial charge in [-0.15, -0.1) is 0 Å². The molecule has 4 rings (SSSR count). The zero-order chi connectivity index (χ0) is 22.3. The van der Waals surface area contributed by atoms with E-state index >= 15 is 0 Å². The van der Waals surface area contributed by atoms with Crippen molar-refractivity contribution < 1.29 is 14.7 Å². The fourth-order valence-corrected chi connectivity index (χ4v) is 4.39. The highest BCUT2D eigenvalue weighted by atomic mass is 16.4. The molecule has 4 heteroatoms. The molecule has 1 aliphatic carbocycles. The van der Waals surface area contributed by atoms with E-state index in [1.807, 2.05) is 48.5 Å². The van der Waals surface area contributed by atoms with Gasteiger partial charge in [-0.2, -0.15) is 0 Å². The van der Waals surface area contributed by atoms with Crippen LogP contribution in [0.15, 0.2) is 78.9 Å². The Morgan fingerprint density at radius 1 is 0.781 bits per heavy atom. The Bertz CT molecular complexity index is 1080. The monoisotopic (exact) mass is 427 g/mol. The number of para-hydroxylation sites is 1. The molecule has 1 aliphatic rings. The summed E-state index contributed by atoms with van der Waals surface area (Å²) in [4.78, 5) is 24.1. The molecule has 3 aromatic carbocycles. The zero-order valence-corrected chi connectivity index (χ0v) is 18.2. The SMILES string of the molecule is O=C(O)c1ccccc1CCCCCc1ccccc1NC(=O)[C@@H]1C[C@H]1c1ccccc1. The number of aryl methyl sites for hydroxylation is 2. The highest BCUT2D eigenvalue weighted by Gasteiger charge is 2.43. The summed E-state index contributed by atoms with van der Waals surface area (Å²) in [5.74, 6) is -0.371. The number of benzene rings is 3. The van der Waals surface area contributed by atoms with Gasteiger partial charge in [0, 0.05) is 11.6 Å². The molecule has 0 aliphatic heterocycles. The van der Waals surface area contributed by atoms with Crippen molar-refractivity contribution in [1.29, 1.82) is 0 Å². The van der Waals surface area contributed by atoms with Gasteiger partial charge in [-0.25, -0.2) is 4.79 Å². The smallest absolute Gasteiger partial charge is 0.335 e. The lowest BCUT2D eigenvalue weighted by Gasteiger charge is -2.11. The quantitative estimate of drug-likeness (QED) is 0.385. The standard InChI is InChI=1S/C28H29NO3/c30-27(25-19-24(25)21-12-4-1-5-13-21)29-26-18-10-8-16-22(26)15-6-2-3-11-20-14-7-9-17-23(20)28(31)32/h1,4-5,7-10,12-14,16-18,24-25H,2-3,6,11,15,19H2,(H,29,30)(H,31,32)/t24-,25+/m0/s1. The normalized spacial score (nSPS) is 17.0. The van der Waals surface area contributed by atoms with E-state index < -0.39 is 5.97 Å². The van der Waals surface area contributed by atoms with Crippen LogP contribution in [0, 0.1) is 5.92 Å². The molecule has 3 aromatic rings. The number of carboxylic acids is 1. The Morgan fingerprint density at radius 3 is 2.16 bits per heavy atom. The van der Waals surface area contributed by atoms with Gasteiger partial charge in [0.1, 0.15) is 0 Å². The number of hydrogen-bond acceptors (Lipinski definition) is 2. The summed E-state index contributed by atoms with van der Waals surface area (Å²) < 4.78 is 0. The summed E-state index contributed by atoms with van der Waals surface area (Å²) in [6, 6.07) is 25.5. The van der Waals surface area contributed by atoms with E-state index in [1.54, 1.807) is 12.1 Å². The van der Waals surface area contributed by atoms with E-state index in [2.05, 4.69) is 23.5 Å². The molecule has 164 valence electrons. The Labute approximate surface area is 189 Å². The number of anilines is 1. The lowest BCUT2D eigenvalue weighted by molar-refractivity contribution is -0.117. The summed E-state index contributed by atoms with van der Waals surface area (Å²) in [6.45, 7) is 0. The second kappa shape index (κ2) is 10.3. The van der Waals surface area contributed by atoms with Crippen molar-refractivity contribution in [2.24, 2.45) is 5.92 Å². The number of amides is 1. The number of carbonyl (C=O) groups excluding carboxylic acids is 1. The summed E-state index contributed by atoms with van der Waals surface area (Å²) in [6.07, 6.45) is 5.52. The number of unbranched alkanes of at least 4 members (excludes halogenated alkanes) is 2. The van der Waals surface area contributed by atoms with E-state index in [1.165, 1.54) is 5.56 Å². The van der Waals surface area contributed by atoms with Crippen LogP contribution in [0.2, 0.25) is 0 Å². The molecule has 1 amide bonds. The van der Waals surface area contributed by atoms with Crippen LogP contribution in [-0.4, -0.2) is 17.0 Å². The van der Waals surface area contributed by atoms with Crippen molar-refractivity contribution in [2.75, 3.05) is 5.32 Å². The minimum absolute atomic E-state index is 0.0553. The molecule has 0 bridgehead atoms. The fraction of sp³-hybridized carbons (Fsp3) is 0.286. The first-order chi connectivity index (χ1) is 15.6. The van der Waals surface area contributed by atoms with Crippen molar-refractivity contribution >= 4 is 17.6 Å². The lowest BCUT2D eigenvalue weighted by Crippen LogP contribution is -2.15. The van der Waals surface area contributed by atoms with E-state index in [4.69, 9.17) is 0 Å². The molecule has 0 spiro atoms. The minimum Gasteiger partial charge on any atom is -0.478 e. The van der Waals surface area contributed by atoms with Gasteiger partial charge in [-0.1, -0.05) is 73.2 Å². The molecular weight excluding hydrogens is 398 g/mol. The molecule has 2 N–H and O–H groups in total. The molecule has 0 radical (unpaired) electrons. The van der Waals surface area contributed by atoms with Crippen LogP contribution in [0.5, 0.6) is 0 Å². The first kappa shape index (κ1) is 21.8. The largest absolute Gasteiger partial charge is 0.478 e.